The molecule has 1 atom stereocenters. The summed E-state index contributed by atoms with van der Waals surface area (Å²) in [5.74, 6) is 0.546. The van der Waals surface area contributed by atoms with Crippen molar-refractivity contribution in [2.24, 2.45) is 0 Å². The van der Waals surface area contributed by atoms with Gasteiger partial charge in [-0.15, -0.1) is 0 Å². The van der Waals surface area contributed by atoms with Crippen LogP contribution in [0, 0.1) is 0 Å². The number of oxazole rings is 1. The van der Waals surface area contributed by atoms with Gasteiger partial charge < -0.3 is 9.52 Å². The molecule has 1 heterocycles. The molecule has 0 bridgehead atoms. The largest absolute Gasteiger partial charge is 0.448 e. The molecule has 0 radical (unpaired) electrons. The Morgan fingerprint density at radius 2 is 1.43 bits per heavy atom. The van der Waals surface area contributed by atoms with Crippen LogP contribution < -0.4 is 5.51 Å². The first kappa shape index (κ1) is 18.0. The van der Waals surface area contributed by atoms with Crippen molar-refractivity contribution in [3.05, 3.63) is 47.9 Å². The van der Waals surface area contributed by atoms with Gasteiger partial charge in [0.2, 0.25) is 0 Å². The Labute approximate surface area is 140 Å². The maximum Gasteiger partial charge on any atom is 0.167 e. The molecule has 2 rings (SSSR count). The summed E-state index contributed by atoms with van der Waals surface area (Å²) < 4.78 is 6.15. The van der Waals surface area contributed by atoms with Crippen LogP contribution in [0.15, 0.2) is 40.9 Å². The molecule has 0 aliphatic carbocycles. The van der Waals surface area contributed by atoms with Crippen molar-refractivity contribution >= 4 is 13.6 Å². The molecule has 23 heavy (non-hydrogen) atoms. The Kier molecular flexibility index (Phi) is 5.47. The highest BCUT2D eigenvalue weighted by Gasteiger charge is 2.49. The lowest BCUT2D eigenvalue weighted by atomic mass is 10.1. The minimum absolute atomic E-state index is 0.530. The molecule has 4 heteroatoms. The van der Waals surface area contributed by atoms with Crippen LogP contribution in [-0.2, 0) is 0 Å². The molecular weight excluding hydrogens is 302 g/mol. The number of nitrogens with zero attached hydrogens (tertiary/aromatic N) is 1. The zero-order valence-electron chi connectivity index (χ0n) is 15.1. The van der Waals surface area contributed by atoms with E-state index in [-0.39, 0.29) is 0 Å². The van der Waals surface area contributed by atoms with Gasteiger partial charge in [-0.05, 0) is 22.2 Å². The van der Waals surface area contributed by atoms with Crippen molar-refractivity contribution in [1.29, 1.82) is 0 Å². The minimum atomic E-state index is -1.92. The average Bonchev–Trinajstić information content (AvgIpc) is 2.96. The predicted molar refractivity (Wildman–Crippen MR) is 97.7 cm³/mol. The van der Waals surface area contributed by atoms with E-state index in [0.29, 0.717) is 22.4 Å². The van der Waals surface area contributed by atoms with Crippen LogP contribution in [0.5, 0.6) is 0 Å². The summed E-state index contributed by atoms with van der Waals surface area (Å²) in [5.41, 5.74) is 3.30. The van der Waals surface area contributed by atoms with Gasteiger partial charge in [0, 0.05) is 0 Å². The molecule has 0 spiro atoms. The normalized spacial score (nSPS) is 14.0. The zero-order valence-corrected chi connectivity index (χ0v) is 16.1. The number of benzene rings is 1. The lowest BCUT2D eigenvalue weighted by Gasteiger charge is -2.39. The smallest absolute Gasteiger partial charge is 0.167 e. The van der Waals surface area contributed by atoms with Gasteiger partial charge in [-0.1, -0.05) is 71.9 Å². The molecule has 0 aliphatic heterocycles. The molecule has 1 aromatic carbocycles. The van der Waals surface area contributed by atoms with E-state index >= 15 is 0 Å². The Morgan fingerprint density at radius 1 is 0.913 bits per heavy atom. The Bertz CT molecular complexity index is 598. The Hall–Kier alpha value is -1.39. The van der Waals surface area contributed by atoms with Gasteiger partial charge >= 0.3 is 0 Å². The van der Waals surface area contributed by atoms with Gasteiger partial charge in [-0.2, -0.15) is 0 Å². The highest BCUT2D eigenvalue weighted by atomic mass is 28.3. The monoisotopic (exact) mass is 331 g/mol. The highest BCUT2D eigenvalue weighted by Crippen LogP contribution is 2.41. The van der Waals surface area contributed by atoms with E-state index in [1.807, 2.05) is 30.3 Å². The lowest BCUT2D eigenvalue weighted by Crippen LogP contribution is -2.56. The molecular formula is C19H29NO2Si. The van der Waals surface area contributed by atoms with Gasteiger partial charge in [0.25, 0.3) is 0 Å². The number of aliphatic hydroxyl groups is 1. The Balaban J connectivity index is 2.43. The van der Waals surface area contributed by atoms with Crippen LogP contribution in [0.2, 0.25) is 16.6 Å². The number of hydrogen-bond acceptors (Lipinski definition) is 3. The van der Waals surface area contributed by atoms with Gasteiger partial charge in [-0.25, -0.2) is 4.98 Å². The SMILES string of the molecule is CC(C)[Si](c1ncc([C@@H](O)c2ccccc2)o1)(C(C)C)C(C)C. The molecule has 1 aromatic heterocycles. The maximum absolute atomic E-state index is 10.6. The number of aliphatic hydroxyl groups excluding tert-OH is 1. The molecule has 1 N–H and O–H groups in total. The van der Waals surface area contributed by atoms with Crippen molar-refractivity contribution in [3.63, 3.8) is 0 Å². The van der Waals surface area contributed by atoms with Crippen LogP contribution in [-0.4, -0.2) is 18.2 Å². The number of rotatable bonds is 6. The first-order chi connectivity index (χ1) is 10.8. The van der Waals surface area contributed by atoms with Gasteiger partial charge in [-0.3, -0.25) is 0 Å². The molecule has 126 valence electrons. The first-order valence-corrected chi connectivity index (χ1v) is 10.7. The van der Waals surface area contributed by atoms with Crippen LogP contribution in [0.1, 0.15) is 59.0 Å². The van der Waals surface area contributed by atoms with Crippen LogP contribution in [0.4, 0.5) is 0 Å². The van der Waals surface area contributed by atoms with Crippen molar-refractivity contribution in [2.45, 2.75) is 64.3 Å². The zero-order chi connectivity index (χ0) is 17.2. The second kappa shape index (κ2) is 7.01. The third-order valence-electron chi connectivity index (χ3n) is 5.14. The summed E-state index contributed by atoms with van der Waals surface area (Å²) in [4.78, 5) is 4.63. The van der Waals surface area contributed by atoms with Crippen molar-refractivity contribution in [3.8, 4) is 0 Å². The minimum Gasteiger partial charge on any atom is -0.448 e. The van der Waals surface area contributed by atoms with E-state index in [2.05, 4.69) is 46.5 Å². The summed E-state index contributed by atoms with van der Waals surface area (Å²) in [6, 6.07) is 9.60. The quantitative estimate of drug-likeness (QED) is 0.784. The molecule has 0 saturated carbocycles. The van der Waals surface area contributed by atoms with E-state index in [1.54, 1.807) is 6.20 Å². The first-order valence-electron chi connectivity index (χ1n) is 8.51. The second-order valence-corrected chi connectivity index (χ2v) is 13.0. The molecule has 0 aliphatic rings. The van der Waals surface area contributed by atoms with E-state index < -0.39 is 14.2 Å². The van der Waals surface area contributed by atoms with E-state index in [0.717, 1.165) is 11.1 Å². The molecule has 0 unspecified atom stereocenters. The topological polar surface area (TPSA) is 46.3 Å². The average molecular weight is 332 g/mol. The Morgan fingerprint density at radius 3 is 1.91 bits per heavy atom. The number of aromatic nitrogens is 1. The third kappa shape index (κ3) is 3.15. The van der Waals surface area contributed by atoms with Crippen molar-refractivity contribution < 1.29 is 9.52 Å². The molecule has 2 aromatic rings. The molecule has 3 nitrogen and oxygen atoms in total. The standard InChI is InChI=1S/C19H29NO2Si/c1-13(2)23(14(3)4,15(5)6)19-20-12-17(22-19)18(21)16-10-8-7-9-11-16/h7-15,18,21H,1-6H3/t18-/m0/s1. The van der Waals surface area contributed by atoms with Crippen LogP contribution in [0.25, 0.3) is 0 Å². The van der Waals surface area contributed by atoms with Crippen molar-refractivity contribution in [1.82, 2.24) is 4.98 Å². The third-order valence-corrected chi connectivity index (χ3v) is 11.8. The summed E-state index contributed by atoms with van der Waals surface area (Å²) >= 11 is 0. The summed E-state index contributed by atoms with van der Waals surface area (Å²) in [7, 11) is -1.92. The molecule has 0 fully saturated rings. The van der Waals surface area contributed by atoms with Gasteiger partial charge in [0.1, 0.15) is 6.10 Å². The van der Waals surface area contributed by atoms with E-state index in [9.17, 15) is 5.11 Å². The lowest BCUT2D eigenvalue weighted by molar-refractivity contribution is 0.191. The highest BCUT2D eigenvalue weighted by molar-refractivity contribution is 6.93. The molecule has 0 amide bonds. The predicted octanol–water partition coefficient (Wildman–Crippen LogP) is 4.64. The van der Waals surface area contributed by atoms with Crippen LogP contribution in [0.3, 0.4) is 0 Å². The van der Waals surface area contributed by atoms with Crippen molar-refractivity contribution in [2.75, 3.05) is 0 Å². The summed E-state index contributed by atoms with van der Waals surface area (Å²) in [6.07, 6.45) is 0.956. The second-order valence-electron chi connectivity index (χ2n) is 7.28. The van der Waals surface area contributed by atoms with Gasteiger partial charge in [0.15, 0.2) is 19.3 Å². The van der Waals surface area contributed by atoms with E-state index in [4.69, 9.17) is 4.42 Å². The fourth-order valence-corrected chi connectivity index (χ4v) is 10.2. The summed E-state index contributed by atoms with van der Waals surface area (Å²) in [6.45, 7) is 13.7. The maximum atomic E-state index is 10.6. The fraction of sp³-hybridized carbons (Fsp3) is 0.526. The van der Waals surface area contributed by atoms with Crippen LogP contribution >= 0.6 is 0 Å². The molecule has 0 saturated heterocycles. The fourth-order valence-electron chi connectivity index (χ4n) is 4.15. The number of hydrogen-bond donors (Lipinski definition) is 1. The van der Waals surface area contributed by atoms with Gasteiger partial charge in [0.05, 0.1) is 6.20 Å². The summed E-state index contributed by atoms with van der Waals surface area (Å²) in [5, 5.41) is 10.6. The van der Waals surface area contributed by atoms with E-state index in [1.165, 1.54) is 0 Å².